The minimum atomic E-state index is -2.62. The number of fused-ring (bicyclic) bond motifs is 1. The molecule has 1 fully saturated rings. The van der Waals surface area contributed by atoms with E-state index in [0.29, 0.717) is 0 Å². The summed E-state index contributed by atoms with van der Waals surface area (Å²) in [5.41, 5.74) is -1.82. The van der Waals surface area contributed by atoms with E-state index in [1.165, 1.54) is 24.8 Å². The molecule has 6 nitrogen and oxygen atoms in total. The van der Waals surface area contributed by atoms with Gasteiger partial charge in [-0.2, -0.15) is 0 Å². The molecule has 0 radical (unpaired) electrons. The Hall–Kier alpha value is -1.86. The number of hydrogen-bond acceptors (Lipinski definition) is 5. The molecule has 0 spiro atoms. The molecule has 2 aromatic heterocycles. The van der Waals surface area contributed by atoms with Gasteiger partial charge in [-0.25, -0.2) is 0 Å². The second-order valence-electron chi connectivity index (χ2n) is 6.10. The fourth-order valence-corrected chi connectivity index (χ4v) is 3.72. The fourth-order valence-electron chi connectivity index (χ4n) is 2.81. The average Bonchev–Trinajstić information content (AvgIpc) is 2.99. The van der Waals surface area contributed by atoms with Crippen LogP contribution < -0.4 is 10.9 Å². The van der Waals surface area contributed by atoms with Crippen LogP contribution in [0.25, 0.3) is 10.2 Å². The first-order valence-electron chi connectivity index (χ1n) is 12.3. The van der Waals surface area contributed by atoms with E-state index in [0.717, 1.165) is 15.9 Å². The van der Waals surface area contributed by atoms with Gasteiger partial charge >= 0.3 is 0 Å². The second-order valence-corrected chi connectivity index (χ2v) is 6.92. The van der Waals surface area contributed by atoms with Crippen molar-refractivity contribution in [3.05, 3.63) is 27.3 Å². The minimum Gasteiger partial charge on any atom is -0.506 e. The van der Waals surface area contributed by atoms with E-state index in [4.69, 9.17) is 11.0 Å². The van der Waals surface area contributed by atoms with Crippen LogP contribution >= 0.6 is 11.3 Å². The molecule has 2 aromatic rings. The van der Waals surface area contributed by atoms with Crippen molar-refractivity contribution in [1.29, 1.82) is 0 Å². The minimum absolute atomic E-state index is 0.00491. The third-order valence-electron chi connectivity index (χ3n) is 4.09. The number of nitrogens with one attached hydrogen (secondary N) is 1. The van der Waals surface area contributed by atoms with Gasteiger partial charge in [-0.3, -0.25) is 14.2 Å². The van der Waals surface area contributed by atoms with Crippen molar-refractivity contribution >= 4 is 27.5 Å². The normalized spacial score (nSPS) is 23.6. The molecule has 1 aliphatic rings. The number of amides is 1. The topological polar surface area (TPSA) is 74.6 Å². The van der Waals surface area contributed by atoms with Gasteiger partial charge in [0.1, 0.15) is 16.1 Å². The highest BCUT2D eigenvalue weighted by Gasteiger charge is 2.23. The largest absolute Gasteiger partial charge is 0.506 e. The number of hydrogen-bond donors (Lipinski definition) is 2. The van der Waals surface area contributed by atoms with Crippen molar-refractivity contribution in [3.8, 4) is 5.75 Å². The number of piperidine rings is 1. The lowest BCUT2D eigenvalue weighted by Gasteiger charge is -2.26. The molecule has 1 saturated heterocycles. The molecule has 142 valence electrons. The van der Waals surface area contributed by atoms with Crippen LogP contribution in [0.15, 0.2) is 16.2 Å². The monoisotopic (exact) mass is 385 g/mol. The molecule has 0 unspecified atom stereocenters. The van der Waals surface area contributed by atoms with Crippen LogP contribution in [0.3, 0.4) is 0 Å². The predicted octanol–water partition coefficient (Wildman–Crippen LogP) is 2.96. The lowest BCUT2D eigenvalue weighted by Crippen LogP contribution is -2.36. The van der Waals surface area contributed by atoms with E-state index >= 15 is 0 Å². The molecule has 7 heteroatoms. The van der Waals surface area contributed by atoms with Gasteiger partial charge in [0.05, 0.1) is 8.13 Å². The van der Waals surface area contributed by atoms with Gasteiger partial charge in [0.15, 0.2) is 0 Å². The highest BCUT2D eigenvalue weighted by Crippen LogP contribution is 2.31. The number of carbonyl (C=O) groups excluding carboxylic acids is 1. The van der Waals surface area contributed by atoms with Gasteiger partial charge < -0.3 is 15.3 Å². The Morgan fingerprint density at radius 2 is 2.27 bits per heavy atom. The van der Waals surface area contributed by atoms with Crippen molar-refractivity contribution in [2.24, 2.45) is 0 Å². The van der Waals surface area contributed by atoms with E-state index in [9.17, 15) is 14.7 Å². The number of pyridine rings is 1. The Morgan fingerprint density at radius 3 is 2.96 bits per heavy atom. The lowest BCUT2D eigenvalue weighted by atomic mass is 10.1. The number of aromatic hydroxyl groups is 1. The third-order valence-corrected chi connectivity index (χ3v) is 4.92. The highest BCUT2D eigenvalue weighted by molar-refractivity contribution is 7.16. The lowest BCUT2D eigenvalue weighted by molar-refractivity contribution is 0.0946. The van der Waals surface area contributed by atoms with E-state index < -0.39 is 54.6 Å². The SMILES string of the molecule is [2H]c1cc2c(O)c(C(=O)NC([2H])([2H])CC([2H])([2H])N3CCC([2H])([2H])CC3)c(=O)n(C([2H])(C)C)c2s1. The van der Waals surface area contributed by atoms with Crippen molar-refractivity contribution in [2.75, 3.05) is 26.1 Å². The third kappa shape index (κ3) is 3.78. The number of carbonyl (C=O) groups is 1. The summed E-state index contributed by atoms with van der Waals surface area (Å²) in [5, 5.41) is 12.6. The summed E-state index contributed by atoms with van der Waals surface area (Å²) in [6.45, 7) is -1.89. The van der Waals surface area contributed by atoms with Gasteiger partial charge in [-0.1, -0.05) is 6.37 Å². The molecule has 3 rings (SSSR count). The molecule has 0 saturated carbocycles. The smallest absolute Gasteiger partial charge is 0.268 e. The number of rotatable bonds is 6. The van der Waals surface area contributed by atoms with E-state index in [-0.39, 0.29) is 41.5 Å². The molecule has 0 aliphatic carbocycles. The van der Waals surface area contributed by atoms with Gasteiger partial charge in [-0.05, 0) is 64.1 Å². The predicted molar refractivity (Wildman–Crippen MR) is 105 cm³/mol. The van der Waals surface area contributed by atoms with Crippen LogP contribution in [0, 0.1) is 0 Å². The van der Waals surface area contributed by atoms with E-state index in [1.807, 2.05) is 5.32 Å². The Balaban J connectivity index is 1.91. The summed E-state index contributed by atoms with van der Waals surface area (Å²) in [6, 6.07) is -0.304. The first kappa shape index (κ1) is 11.1. The zero-order valence-corrected chi connectivity index (χ0v) is 15.5. The molecular formula is C19H27N3O3S. The molecule has 3 heterocycles. The summed E-state index contributed by atoms with van der Waals surface area (Å²) in [5.74, 6) is -2.00. The summed E-state index contributed by atoms with van der Waals surface area (Å²) < 4.78 is 65.5. The van der Waals surface area contributed by atoms with Crippen molar-refractivity contribution < 1.29 is 20.9 Å². The van der Waals surface area contributed by atoms with E-state index in [2.05, 4.69) is 0 Å². The molecular weight excluding hydrogens is 350 g/mol. The first-order chi connectivity index (χ1) is 15.3. The zero-order chi connectivity index (χ0) is 25.9. The molecule has 1 aliphatic heterocycles. The standard InChI is InChI=1S/C19H27N3O3S/c1-13(2)22-18(25)15(16(23)14-7-12-26-19(14)22)17(24)20-8-6-11-21-9-4-3-5-10-21/h7,12-13,23H,3-6,8-11H2,1-2H3,(H,20,24)/i3D2,8D2,11D2,12D,13D. The van der Waals surface area contributed by atoms with Crippen molar-refractivity contribution in [2.45, 2.75) is 45.5 Å². The van der Waals surface area contributed by atoms with Crippen LogP contribution in [-0.2, 0) is 0 Å². The molecule has 2 N–H and O–H groups in total. The second kappa shape index (κ2) is 8.22. The Bertz CT molecular complexity index is 1160. The van der Waals surface area contributed by atoms with Crippen molar-refractivity contribution in [1.82, 2.24) is 14.8 Å². The van der Waals surface area contributed by atoms with Crippen LogP contribution in [-0.4, -0.2) is 46.6 Å². The number of nitrogens with zero attached hydrogens (tertiary/aromatic N) is 2. The number of aromatic nitrogens is 1. The Kier molecular flexibility index (Phi) is 3.51. The summed E-state index contributed by atoms with van der Waals surface area (Å²) >= 11 is 0.853. The van der Waals surface area contributed by atoms with Crippen LogP contribution in [0.2, 0.25) is 0 Å². The van der Waals surface area contributed by atoms with Gasteiger partial charge in [0.2, 0.25) is 0 Å². The zero-order valence-electron chi connectivity index (χ0n) is 22.7. The maximum Gasteiger partial charge on any atom is 0.268 e. The van der Waals surface area contributed by atoms with E-state index in [1.54, 1.807) is 0 Å². The summed E-state index contributed by atoms with van der Waals surface area (Å²) in [6.07, 6.45) is -2.03. The molecule has 26 heavy (non-hydrogen) atoms. The maximum absolute atomic E-state index is 13.1. The first-order valence-corrected chi connectivity index (χ1v) is 9.13. The molecule has 1 amide bonds. The fraction of sp³-hybridized carbons (Fsp3) is 0.579. The summed E-state index contributed by atoms with van der Waals surface area (Å²) in [7, 11) is 0. The maximum atomic E-state index is 13.1. The van der Waals surface area contributed by atoms with Crippen molar-refractivity contribution in [3.63, 3.8) is 0 Å². The number of thiophene rings is 1. The molecule has 0 atom stereocenters. The highest BCUT2D eigenvalue weighted by atomic mass is 32.1. The number of likely N-dealkylation sites (tertiary alicyclic amines) is 1. The van der Waals surface area contributed by atoms with Gasteiger partial charge in [-0.15, -0.1) is 11.3 Å². The molecule has 0 aromatic carbocycles. The average molecular weight is 386 g/mol. The molecule has 0 bridgehead atoms. The van der Waals surface area contributed by atoms with Gasteiger partial charge in [0.25, 0.3) is 11.5 Å². The van der Waals surface area contributed by atoms with Gasteiger partial charge in [0, 0.05) is 20.7 Å². The quantitative estimate of drug-likeness (QED) is 0.802. The van der Waals surface area contributed by atoms with Crippen LogP contribution in [0.5, 0.6) is 5.75 Å². The Labute approximate surface area is 168 Å². The van der Waals surface area contributed by atoms with Crippen LogP contribution in [0.1, 0.15) is 66.8 Å². The summed E-state index contributed by atoms with van der Waals surface area (Å²) in [4.78, 5) is 27.5. The Morgan fingerprint density at radius 1 is 1.54 bits per heavy atom. The van der Waals surface area contributed by atoms with Crippen LogP contribution in [0.4, 0.5) is 0 Å².